The van der Waals surface area contributed by atoms with Gasteiger partial charge in [-0.1, -0.05) is 23.7 Å². The van der Waals surface area contributed by atoms with Crippen molar-refractivity contribution in [1.29, 1.82) is 0 Å². The second-order valence-electron chi connectivity index (χ2n) is 12.8. The molecule has 0 radical (unpaired) electrons. The van der Waals surface area contributed by atoms with Gasteiger partial charge in [-0.15, -0.1) is 0 Å². The first-order valence-corrected chi connectivity index (χ1v) is 16.6. The highest BCUT2D eigenvalue weighted by Crippen LogP contribution is 2.44. The first-order chi connectivity index (χ1) is 22.2. The number of fused-ring (bicyclic) bond motifs is 1. The number of aromatic nitrogens is 1. The number of carbonyl (C=O) groups is 2. The van der Waals surface area contributed by atoms with E-state index >= 15 is 0 Å². The maximum atomic E-state index is 13.9. The minimum absolute atomic E-state index is 0.0227. The van der Waals surface area contributed by atoms with E-state index in [1.54, 1.807) is 13.3 Å². The molecular weight excluding hydrogens is 604 g/mol. The van der Waals surface area contributed by atoms with Crippen LogP contribution in [0.4, 0.5) is 11.5 Å². The molecule has 3 heterocycles. The van der Waals surface area contributed by atoms with Crippen molar-refractivity contribution >= 4 is 34.9 Å². The van der Waals surface area contributed by atoms with E-state index in [9.17, 15) is 9.59 Å². The number of morpholine rings is 1. The van der Waals surface area contributed by atoms with E-state index < -0.39 is 6.04 Å². The first kappa shape index (κ1) is 32.1. The van der Waals surface area contributed by atoms with Crippen molar-refractivity contribution in [3.8, 4) is 11.5 Å². The Morgan fingerprint density at radius 1 is 1.02 bits per heavy atom. The number of ether oxygens (including phenoxy) is 3. The van der Waals surface area contributed by atoms with E-state index in [1.165, 1.54) is 0 Å². The summed E-state index contributed by atoms with van der Waals surface area (Å²) in [6.07, 6.45) is 6.20. The fourth-order valence-electron chi connectivity index (χ4n) is 7.11. The molecular formula is C36H43ClN4O5. The lowest BCUT2D eigenvalue weighted by Crippen LogP contribution is -2.49. The molecule has 1 saturated carbocycles. The number of pyridine rings is 1. The van der Waals surface area contributed by atoms with Crippen LogP contribution in [0.2, 0.25) is 5.02 Å². The summed E-state index contributed by atoms with van der Waals surface area (Å²) >= 11 is 6.27. The molecule has 0 spiro atoms. The molecule has 3 aromatic rings. The van der Waals surface area contributed by atoms with Crippen LogP contribution in [0.3, 0.4) is 0 Å². The summed E-state index contributed by atoms with van der Waals surface area (Å²) in [4.78, 5) is 37.1. The maximum Gasteiger partial charge on any atom is 0.248 e. The van der Waals surface area contributed by atoms with Gasteiger partial charge in [-0.25, -0.2) is 4.98 Å². The highest BCUT2D eigenvalue weighted by atomic mass is 35.5. The predicted octanol–water partition coefficient (Wildman–Crippen LogP) is 6.06. The molecule has 1 saturated heterocycles. The number of hydrogen-bond acceptors (Lipinski definition) is 7. The Labute approximate surface area is 276 Å². The number of hydrogen-bond donors (Lipinski definition) is 0. The van der Waals surface area contributed by atoms with Crippen molar-refractivity contribution in [1.82, 2.24) is 9.88 Å². The summed E-state index contributed by atoms with van der Waals surface area (Å²) < 4.78 is 17.1. The molecule has 2 fully saturated rings. The van der Waals surface area contributed by atoms with E-state index in [0.717, 1.165) is 60.4 Å². The van der Waals surface area contributed by atoms with Gasteiger partial charge in [-0.3, -0.25) is 14.5 Å². The van der Waals surface area contributed by atoms with Crippen LogP contribution in [0.1, 0.15) is 62.3 Å². The third-order valence-electron chi connectivity index (χ3n) is 9.35. The maximum absolute atomic E-state index is 13.9. The Balaban J connectivity index is 1.21. The van der Waals surface area contributed by atoms with Gasteiger partial charge in [-0.05, 0) is 98.5 Å². The first-order valence-electron chi connectivity index (χ1n) is 16.2. The summed E-state index contributed by atoms with van der Waals surface area (Å²) in [5.74, 6) is 2.75. The van der Waals surface area contributed by atoms with Crippen molar-refractivity contribution in [2.75, 3.05) is 50.3 Å². The van der Waals surface area contributed by atoms with Crippen LogP contribution in [0, 0.1) is 5.92 Å². The van der Waals surface area contributed by atoms with Crippen molar-refractivity contribution in [2.24, 2.45) is 5.92 Å². The zero-order valence-electron chi connectivity index (χ0n) is 27.1. The smallest absolute Gasteiger partial charge is 0.248 e. The van der Waals surface area contributed by atoms with Crippen molar-refractivity contribution in [3.63, 3.8) is 0 Å². The second kappa shape index (κ2) is 13.9. The van der Waals surface area contributed by atoms with Crippen LogP contribution in [-0.4, -0.2) is 74.3 Å². The highest BCUT2D eigenvalue weighted by molar-refractivity contribution is 6.30. The minimum Gasteiger partial charge on any atom is -0.493 e. The lowest BCUT2D eigenvalue weighted by molar-refractivity contribution is -0.146. The fraction of sp³-hybridized carbons (Fsp3) is 0.472. The van der Waals surface area contributed by atoms with Crippen molar-refractivity contribution in [2.45, 2.75) is 64.1 Å². The highest BCUT2D eigenvalue weighted by Gasteiger charge is 2.37. The monoisotopic (exact) mass is 646 g/mol. The van der Waals surface area contributed by atoms with E-state index in [0.29, 0.717) is 41.6 Å². The lowest BCUT2D eigenvalue weighted by Gasteiger charge is -2.39. The summed E-state index contributed by atoms with van der Waals surface area (Å²) in [6.45, 7) is 6.40. The molecule has 244 valence electrons. The molecule has 10 heteroatoms. The largest absolute Gasteiger partial charge is 0.493 e. The molecule has 9 nitrogen and oxygen atoms in total. The van der Waals surface area contributed by atoms with Crippen LogP contribution in [0.5, 0.6) is 11.5 Å². The van der Waals surface area contributed by atoms with Crippen LogP contribution in [0.15, 0.2) is 54.7 Å². The molecule has 0 bridgehead atoms. The third kappa shape index (κ3) is 6.81. The van der Waals surface area contributed by atoms with Crippen LogP contribution in [0.25, 0.3) is 0 Å². The molecule has 1 aliphatic carbocycles. The number of rotatable bonds is 9. The SMILES string of the molecule is COc1cc2c(cc1OC(C)C)C(c1ccc(Cl)cc1)N(c1ccc(N(C)CC3CCC(N4CCOCC4=O)CC3)nc1)C(=O)C2. The minimum atomic E-state index is -0.396. The number of halogens is 1. The molecule has 2 aromatic carbocycles. The number of amides is 2. The summed E-state index contributed by atoms with van der Waals surface area (Å²) in [7, 11) is 3.69. The van der Waals surface area contributed by atoms with Crippen LogP contribution in [-0.2, 0) is 20.7 Å². The molecule has 2 amide bonds. The van der Waals surface area contributed by atoms with Gasteiger partial charge in [0.1, 0.15) is 12.4 Å². The standard InChI is InChI=1S/C36H43ClN4O5/c1-23(2)46-32-19-30-26(17-31(32)44-4)18-34(42)41(36(30)25-7-9-27(37)10-8-25)29-13-14-33(38-20-29)39(3)21-24-5-11-28(12-6-24)40-15-16-45-22-35(40)43/h7-10,13-14,17,19-20,23-24,28,36H,5-6,11-12,15-16,18,21-22H2,1-4H3. The molecule has 1 atom stereocenters. The summed E-state index contributed by atoms with van der Waals surface area (Å²) in [5, 5.41) is 0.633. The van der Waals surface area contributed by atoms with E-state index in [2.05, 4.69) is 11.9 Å². The second-order valence-corrected chi connectivity index (χ2v) is 13.3. The Kier molecular flexibility index (Phi) is 9.70. The molecule has 6 rings (SSSR count). The quantitative estimate of drug-likeness (QED) is 0.279. The van der Waals surface area contributed by atoms with Gasteiger partial charge in [0.15, 0.2) is 11.5 Å². The van der Waals surface area contributed by atoms with Crippen molar-refractivity contribution in [3.05, 3.63) is 76.4 Å². The molecule has 46 heavy (non-hydrogen) atoms. The van der Waals surface area contributed by atoms with E-state index in [-0.39, 0.29) is 30.9 Å². The number of anilines is 2. The van der Waals surface area contributed by atoms with Crippen molar-refractivity contribution < 1.29 is 23.8 Å². The van der Waals surface area contributed by atoms with Gasteiger partial charge in [0, 0.05) is 31.2 Å². The average molecular weight is 647 g/mol. The Hall–Kier alpha value is -3.82. The molecule has 1 unspecified atom stereocenters. The molecule has 1 aromatic heterocycles. The number of carbonyl (C=O) groups excluding carboxylic acids is 2. The van der Waals surface area contributed by atoms with Gasteiger partial charge < -0.3 is 24.0 Å². The number of nitrogens with zero attached hydrogens (tertiary/aromatic N) is 4. The van der Waals surface area contributed by atoms with Gasteiger partial charge in [0.25, 0.3) is 0 Å². The van der Waals surface area contributed by atoms with E-state index in [4.69, 9.17) is 30.8 Å². The zero-order chi connectivity index (χ0) is 32.4. The third-order valence-corrected chi connectivity index (χ3v) is 9.60. The Morgan fingerprint density at radius 2 is 1.78 bits per heavy atom. The summed E-state index contributed by atoms with van der Waals surface area (Å²) in [5.41, 5.74) is 3.56. The average Bonchev–Trinajstić information content (AvgIpc) is 3.05. The Morgan fingerprint density at radius 3 is 2.43 bits per heavy atom. The molecule has 0 N–H and O–H groups in total. The van der Waals surface area contributed by atoms with E-state index in [1.807, 2.05) is 72.2 Å². The topological polar surface area (TPSA) is 84.4 Å². The Bertz CT molecular complexity index is 1540. The number of methoxy groups -OCH3 is 1. The predicted molar refractivity (Wildman–Crippen MR) is 179 cm³/mol. The van der Waals surface area contributed by atoms with Gasteiger partial charge in [0.05, 0.1) is 44.2 Å². The normalized spacial score (nSPS) is 21.7. The summed E-state index contributed by atoms with van der Waals surface area (Å²) in [6, 6.07) is 15.5. The van der Waals surface area contributed by atoms with Crippen LogP contribution < -0.4 is 19.3 Å². The van der Waals surface area contributed by atoms with Gasteiger partial charge in [-0.2, -0.15) is 0 Å². The van der Waals surface area contributed by atoms with Gasteiger partial charge >= 0.3 is 0 Å². The van der Waals surface area contributed by atoms with Crippen LogP contribution >= 0.6 is 11.6 Å². The fourth-order valence-corrected chi connectivity index (χ4v) is 7.24. The number of benzene rings is 2. The molecule has 2 aliphatic heterocycles. The lowest BCUT2D eigenvalue weighted by atomic mass is 9.85. The zero-order valence-corrected chi connectivity index (χ0v) is 27.8. The molecule has 3 aliphatic rings. The van der Waals surface area contributed by atoms with Gasteiger partial charge in [0.2, 0.25) is 11.8 Å².